The van der Waals surface area contributed by atoms with Gasteiger partial charge in [-0.2, -0.15) is 11.8 Å². The molecule has 1 unspecified atom stereocenters. The number of fused-ring (bicyclic) bond motifs is 1. The standard InChI is InChI=1S/C16H20N2O2S2/c1-10(16-18-12-5-3-4-6-14(12)22-16)17-15(19)13-8-7-11(20-13)9-21-2/h7-8,10H,3-6,9H2,1-2H3,(H,17,19). The molecule has 0 spiro atoms. The summed E-state index contributed by atoms with van der Waals surface area (Å²) in [4.78, 5) is 18.3. The zero-order valence-corrected chi connectivity index (χ0v) is 14.5. The van der Waals surface area contributed by atoms with Crippen LogP contribution in [0.3, 0.4) is 0 Å². The summed E-state index contributed by atoms with van der Waals surface area (Å²) in [5.41, 5.74) is 1.23. The van der Waals surface area contributed by atoms with Gasteiger partial charge in [0.15, 0.2) is 5.76 Å². The molecule has 1 N–H and O–H groups in total. The summed E-state index contributed by atoms with van der Waals surface area (Å²) in [5.74, 6) is 1.81. The van der Waals surface area contributed by atoms with E-state index in [0.717, 1.165) is 29.4 Å². The van der Waals surface area contributed by atoms with Crippen molar-refractivity contribution in [2.45, 2.75) is 44.4 Å². The minimum absolute atomic E-state index is 0.0859. The molecule has 0 saturated heterocycles. The van der Waals surface area contributed by atoms with Crippen LogP contribution >= 0.6 is 23.1 Å². The molecule has 0 radical (unpaired) electrons. The second kappa shape index (κ2) is 6.87. The Hall–Kier alpha value is -1.27. The van der Waals surface area contributed by atoms with Gasteiger partial charge in [0.05, 0.1) is 17.5 Å². The van der Waals surface area contributed by atoms with Gasteiger partial charge < -0.3 is 9.73 Å². The predicted molar refractivity (Wildman–Crippen MR) is 90.6 cm³/mol. The molecule has 118 valence electrons. The van der Waals surface area contributed by atoms with E-state index in [4.69, 9.17) is 9.40 Å². The molecule has 2 aromatic rings. The van der Waals surface area contributed by atoms with Crippen LogP contribution in [0.2, 0.25) is 0 Å². The van der Waals surface area contributed by atoms with E-state index in [2.05, 4.69) is 5.32 Å². The van der Waals surface area contributed by atoms with Gasteiger partial charge in [-0.15, -0.1) is 11.3 Å². The van der Waals surface area contributed by atoms with E-state index in [1.54, 1.807) is 29.2 Å². The summed E-state index contributed by atoms with van der Waals surface area (Å²) >= 11 is 3.41. The molecular formula is C16H20N2O2S2. The number of nitrogens with zero attached hydrogens (tertiary/aromatic N) is 1. The summed E-state index contributed by atoms with van der Waals surface area (Å²) in [5, 5.41) is 3.98. The van der Waals surface area contributed by atoms with Gasteiger partial charge in [-0.25, -0.2) is 4.98 Å². The second-order valence-corrected chi connectivity index (χ2v) is 7.50. The van der Waals surface area contributed by atoms with Crippen LogP contribution in [0, 0.1) is 0 Å². The van der Waals surface area contributed by atoms with E-state index in [1.165, 1.54) is 23.4 Å². The first-order valence-electron chi connectivity index (χ1n) is 7.54. The van der Waals surface area contributed by atoms with Gasteiger partial charge in [0.2, 0.25) is 0 Å². The van der Waals surface area contributed by atoms with E-state index >= 15 is 0 Å². The molecular weight excluding hydrogens is 316 g/mol. The van der Waals surface area contributed by atoms with Crippen LogP contribution < -0.4 is 5.32 Å². The Labute approximate surface area is 138 Å². The summed E-state index contributed by atoms with van der Waals surface area (Å²) in [7, 11) is 0. The van der Waals surface area contributed by atoms with Crippen LogP contribution in [-0.4, -0.2) is 17.1 Å². The number of amides is 1. The maximum absolute atomic E-state index is 12.3. The lowest BCUT2D eigenvalue weighted by Crippen LogP contribution is -2.26. The van der Waals surface area contributed by atoms with Gasteiger partial charge in [0, 0.05) is 4.88 Å². The lowest BCUT2D eigenvalue weighted by atomic mass is 10.0. The van der Waals surface area contributed by atoms with Crippen LogP contribution in [-0.2, 0) is 18.6 Å². The molecule has 2 heterocycles. The lowest BCUT2D eigenvalue weighted by molar-refractivity contribution is 0.0910. The van der Waals surface area contributed by atoms with Crippen LogP contribution in [0.5, 0.6) is 0 Å². The fourth-order valence-corrected chi connectivity index (χ4v) is 4.20. The first-order chi connectivity index (χ1) is 10.7. The van der Waals surface area contributed by atoms with Crippen molar-refractivity contribution in [3.05, 3.63) is 39.2 Å². The van der Waals surface area contributed by atoms with Gasteiger partial charge in [0.1, 0.15) is 10.8 Å². The third-order valence-electron chi connectivity index (χ3n) is 3.75. The highest BCUT2D eigenvalue weighted by Gasteiger charge is 2.21. The van der Waals surface area contributed by atoms with Crippen LogP contribution in [0.15, 0.2) is 16.5 Å². The third-order valence-corrected chi connectivity index (χ3v) is 5.67. The third kappa shape index (κ3) is 3.38. The first kappa shape index (κ1) is 15.6. The van der Waals surface area contributed by atoms with Gasteiger partial charge in [-0.05, 0) is 51.0 Å². The largest absolute Gasteiger partial charge is 0.455 e. The molecule has 1 aliphatic carbocycles. The maximum atomic E-state index is 12.3. The topological polar surface area (TPSA) is 55.1 Å². The quantitative estimate of drug-likeness (QED) is 0.897. The maximum Gasteiger partial charge on any atom is 0.287 e. The fraction of sp³-hybridized carbons (Fsp3) is 0.500. The van der Waals surface area contributed by atoms with Gasteiger partial charge in [0.25, 0.3) is 5.91 Å². The molecule has 22 heavy (non-hydrogen) atoms. The summed E-state index contributed by atoms with van der Waals surface area (Å²) < 4.78 is 5.55. The molecule has 0 aromatic carbocycles. The smallest absolute Gasteiger partial charge is 0.287 e. The lowest BCUT2D eigenvalue weighted by Gasteiger charge is -2.09. The number of carbonyl (C=O) groups excluding carboxylic acids is 1. The van der Waals surface area contributed by atoms with Crippen molar-refractivity contribution in [3.8, 4) is 0 Å². The van der Waals surface area contributed by atoms with Crippen molar-refractivity contribution in [1.82, 2.24) is 10.3 Å². The number of aryl methyl sites for hydroxylation is 2. The Kier molecular flexibility index (Phi) is 4.88. The molecule has 0 bridgehead atoms. The minimum atomic E-state index is -0.173. The Balaban J connectivity index is 1.66. The van der Waals surface area contributed by atoms with Crippen LogP contribution in [0.1, 0.15) is 57.7 Å². The number of aromatic nitrogens is 1. The monoisotopic (exact) mass is 336 g/mol. The van der Waals surface area contributed by atoms with E-state index in [-0.39, 0.29) is 11.9 Å². The average Bonchev–Trinajstić information content (AvgIpc) is 3.13. The molecule has 3 rings (SSSR count). The Morgan fingerprint density at radius 1 is 1.45 bits per heavy atom. The highest BCUT2D eigenvalue weighted by molar-refractivity contribution is 7.97. The highest BCUT2D eigenvalue weighted by Crippen LogP contribution is 2.29. The van der Waals surface area contributed by atoms with Crippen molar-refractivity contribution in [1.29, 1.82) is 0 Å². The molecule has 6 heteroatoms. The number of thiazole rings is 1. The molecule has 1 amide bonds. The number of furan rings is 1. The normalized spacial score (nSPS) is 15.4. The SMILES string of the molecule is CSCc1ccc(C(=O)NC(C)c2nc3c(s2)CCCC3)o1. The zero-order chi connectivity index (χ0) is 15.5. The van der Waals surface area contributed by atoms with Crippen molar-refractivity contribution in [2.24, 2.45) is 0 Å². The van der Waals surface area contributed by atoms with E-state index in [1.807, 2.05) is 19.2 Å². The van der Waals surface area contributed by atoms with Crippen LogP contribution in [0.25, 0.3) is 0 Å². The number of hydrogen-bond donors (Lipinski definition) is 1. The van der Waals surface area contributed by atoms with E-state index in [9.17, 15) is 4.79 Å². The molecule has 0 saturated carbocycles. The molecule has 0 aliphatic heterocycles. The van der Waals surface area contributed by atoms with E-state index in [0.29, 0.717) is 5.76 Å². The molecule has 0 fully saturated rings. The highest BCUT2D eigenvalue weighted by atomic mass is 32.2. The molecule has 1 aliphatic rings. The Morgan fingerprint density at radius 2 is 2.27 bits per heavy atom. The fourth-order valence-electron chi connectivity index (χ4n) is 2.61. The average molecular weight is 336 g/mol. The number of nitrogens with one attached hydrogen (secondary N) is 1. The molecule has 1 atom stereocenters. The van der Waals surface area contributed by atoms with Gasteiger partial charge >= 0.3 is 0 Å². The van der Waals surface area contributed by atoms with E-state index < -0.39 is 0 Å². The summed E-state index contributed by atoms with van der Waals surface area (Å²) in [6.07, 6.45) is 6.68. The number of thioether (sulfide) groups is 1. The first-order valence-corrected chi connectivity index (χ1v) is 9.75. The van der Waals surface area contributed by atoms with Crippen molar-refractivity contribution >= 4 is 29.0 Å². The van der Waals surface area contributed by atoms with Crippen molar-refractivity contribution in [2.75, 3.05) is 6.26 Å². The number of rotatable bonds is 5. The second-order valence-electron chi connectivity index (χ2n) is 5.52. The van der Waals surface area contributed by atoms with Gasteiger partial charge in [-0.1, -0.05) is 0 Å². The van der Waals surface area contributed by atoms with Crippen LogP contribution in [0.4, 0.5) is 0 Å². The summed E-state index contributed by atoms with van der Waals surface area (Å²) in [6.45, 7) is 1.98. The molecule has 4 nitrogen and oxygen atoms in total. The number of hydrogen-bond acceptors (Lipinski definition) is 5. The molecule has 2 aromatic heterocycles. The number of carbonyl (C=O) groups is 1. The minimum Gasteiger partial charge on any atom is -0.455 e. The summed E-state index contributed by atoms with van der Waals surface area (Å²) in [6, 6.07) is 3.51. The zero-order valence-electron chi connectivity index (χ0n) is 12.8. The van der Waals surface area contributed by atoms with Gasteiger partial charge in [-0.3, -0.25) is 4.79 Å². The predicted octanol–water partition coefficient (Wildman–Crippen LogP) is 3.97. The van der Waals surface area contributed by atoms with Crippen molar-refractivity contribution in [3.63, 3.8) is 0 Å². The Bertz CT molecular complexity index is 639. The Morgan fingerprint density at radius 3 is 3.05 bits per heavy atom. The van der Waals surface area contributed by atoms with Crippen molar-refractivity contribution < 1.29 is 9.21 Å².